The summed E-state index contributed by atoms with van der Waals surface area (Å²) in [6.07, 6.45) is 49.5. The summed E-state index contributed by atoms with van der Waals surface area (Å²) >= 11 is 0. The Morgan fingerprint density at radius 2 is 0.823 bits per heavy atom. The van der Waals surface area contributed by atoms with Crippen LogP contribution in [0.5, 0.6) is 0 Å². The van der Waals surface area contributed by atoms with Gasteiger partial charge in [0.25, 0.3) is 7.82 Å². The van der Waals surface area contributed by atoms with E-state index in [0.717, 1.165) is 38.5 Å². The lowest BCUT2D eigenvalue weighted by Gasteiger charge is -2.28. The molecule has 0 aliphatic carbocycles. The molecule has 0 fully saturated rings. The van der Waals surface area contributed by atoms with E-state index in [4.69, 9.17) is 18.5 Å². The lowest BCUT2D eigenvalue weighted by atomic mass is 10.0. The van der Waals surface area contributed by atoms with Crippen LogP contribution in [-0.2, 0) is 32.7 Å². The van der Waals surface area contributed by atoms with Crippen LogP contribution in [0.2, 0.25) is 0 Å². The number of phosphoric ester groups is 1. The Balaban J connectivity index is 4.20. The third kappa shape index (κ3) is 48.2. The van der Waals surface area contributed by atoms with E-state index in [1.807, 2.05) is 21.1 Å². The largest absolute Gasteiger partial charge is 0.756 e. The maximum atomic E-state index is 12.7. The number of carbonyl (C=O) groups excluding carboxylic acids is 2. The van der Waals surface area contributed by atoms with Crippen molar-refractivity contribution in [1.29, 1.82) is 0 Å². The zero-order valence-electron chi connectivity index (χ0n) is 41.6. The van der Waals surface area contributed by atoms with E-state index in [-0.39, 0.29) is 32.0 Å². The van der Waals surface area contributed by atoms with Gasteiger partial charge in [0.15, 0.2) is 6.10 Å². The minimum atomic E-state index is -4.63. The Labute approximate surface area is 384 Å². The highest BCUT2D eigenvalue weighted by Gasteiger charge is 2.21. The fraction of sp³-hybridized carbons (Fsp3) is 0.923. The lowest BCUT2D eigenvalue weighted by Crippen LogP contribution is -2.37. The summed E-state index contributed by atoms with van der Waals surface area (Å²) in [7, 11) is 1.18. The summed E-state index contributed by atoms with van der Waals surface area (Å²) in [4.78, 5) is 37.7. The molecule has 0 heterocycles. The summed E-state index contributed by atoms with van der Waals surface area (Å²) in [5.74, 6) is -0.818. The Morgan fingerprint density at radius 3 is 1.19 bits per heavy atom. The van der Waals surface area contributed by atoms with E-state index < -0.39 is 26.5 Å². The Hall–Kier alpha value is -1.25. The molecule has 0 spiro atoms. The number of unbranched alkanes of at least 4 members (excludes halogenated alkanes) is 33. The van der Waals surface area contributed by atoms with Crippen molar-refractivity contribution in [2.75, 3.05) is 47.5 Å². The first-order valence-corrected chi connectivity index (χ1v) is 27.9. The number of ether oxygens (including phenoxy) is 2. The molecule has 0 aromatic rings. The van der Waals surface area contributed by atoms with E-state index >= 15 is 0 Å². The number of esters is 2. The van der Waals surface area contributed by atoms with E-state index in [1.54, 1.807) is 0 Å². The van der Waals surface area contributed by atoms with Gasteiger partial charge in [-0.2, -0.15) is 0 Å². The lowest BCUT2D eigenvalue weighted by molar-refractivity contribution is -0.870. The van der Waals surface area contributed by atoms with Gasteiger partial charge in [0.1, 0.15) is 19.8 Å². The number of nitrogens with zero attached hydrogens (tertiary/aromatic N) is 1. The maximum Gasteiger partial charge on any atom is 0.306 e. The number of likely N-dealkylation sites (N-methyl/N-ethyl adjacent to an activating group) is 1. The number of rotatable bonds is 49. The van der Waals surface area contributed by atoms with Crippen molar-refractivity contribution in [3.63, 3.8) is 0 Å². The summed E-state index contributed by atoms with van der Waals surface area (Å²) in [5.41, 5.74) is 0. The van der Waals surface area contributed by atoms with Gasteiger partial charge in [-0.3, -0.25) is 14.2 Å². The van der Waals surface area contributed by atoms with Crippen LogP contribution in [0.3, 0.4) is 0 Å². The van der Waals surface area contributed by atoms with Crippen molar-refractivity contribution in [2.45, 2.75) is 264 Å². The van der Waals surface area contributed by atoms with Gasteiger partial charge in [0.05, 0.1) is 27.7 Å². The highest BCUT2D eigenvalue weighted by atomic mass is 31.2. The number of hydrogen-bond donors (Lipinski definition) is 0. The van der Waals surface area contributed by atoms with Gasteiger partial charge in [0, 0.05) is 12.8 Å². The third-order valence-electron chi connectivity index (χ3n) is 11.8. The highest BCUT2D eigenvalue weighted by Crippen LogP contribution is 2.38. The molecule has 368 valence electrons. The third-order valence-corrected chi connectivity index (χ3v) is 12.7. The van der Waals surface area contributed by atoms with Crippen LogP contribution < -0.4 is 4.89 Å². The van der Waals surface area contributed by atoms with Crippen LogP contribution in [-0.4, -0.2) is 70.0 Å². The molecule has 0 N–H and O–H groups in total. The van der Waals surface area contributed by atoms with E-state index in [2.05, 4.69) is 26.0 Å². The van der Waals surface area contributed by atoms with Gasteiger partial charge in [-0.05, 0) is 38.5 Å². The maximum absolute atomic E-state index is 12.7. The van der Waals surface area contributed by atoms with Crippen LogP contribution in [0.25, 0.3) is 0 Å². The predicted octanol–water partition coefficient (Wildman–Crippen LogP) is 15.1. The molecule has 0 radical (unpaired) electrons. The first-order valence-electron chi connectivity index (χ1n) is 26.4. The molecule has 1 unspecified atom stereocenters. The SMILES string of the molecule is CCCCCCCC/C=C/CCCCCCCCCCCCCC(=O)O[C@H](COC(=O)CCCCCCCCCCCCCCCCCCC)COP(=O)([O-])OCC[N+](C)(C)C. The molecule has 0 saturated carbocycles. The van der Waals surface area contributed by atoms with Crippen molar-refractivity contribution in [3.8, 4) is 0 Å². The smallest absolute Gasteiger partial charge is 0.306 e. The highest BCUT2D eigenvalue weighted by molar-refractivity contribution is 7.45. The number of allylic oxidation sites excluding steroid dienone is 2. The van der Waals surface area contributed by atoms with E-state index in [9.17, 15) is 19.0 Å². The van der Waals surface area contributed by atoms with Crippen LogP contribution in [0, 0.1) is 0 Å². The van der Waals surface area contributed by atoms with Crippen LogP contribution >= 0.6 is 7.82 Å². The zero-order valence-corrected chi connectivity index (χ0v) is 42.5. The number of hydrogen-bond acceptors (Lipinski definition) is 8. The molecule has 0 aliphatic heterocycles. The number of carbonyl (C=O) groups is 2. The molecular weight excluding hydrogens is 798 g/mol. The van der Waals surface area contributed by atoms with Crippen molar-refractivity contribution < 1.29 is 42.1 Å². The molecular formula is C52H102NO8P. The molecule has 0 saturated heterocycles. The monoisotopic (exact) mass is 900 g/mol. The second kappa shape index (κ2) is 44.9. The van der Waals surface area contributed by atoms with Crippen molar-refractivity contribution >= 4 is 19.8 Å². The fourth-order valence-electron chi connectivity index (χ4n) is 7.65. The normalized spacial score (nSPS) is 13.5. The Bertz CT molecular complexity index is 1060. The van der Waals surface area contributed by atoms with Gasteiger partial charge in [-0.25, -0.2) is 0 Å². The quantitative estimate of drug-likeness (QED) is 0.0195. The Morgan fingerprint density at radius 1 is 0.484 bits per heavy atom. The molecule has 62 heavy (non-hydrogen) atoms. The molecule has 0 aromatic carbocycles. The van der Waals surface area contributed by atoms with E-state index in [0.29, 0.717) is 17.4 Å². The average molecular weight is 900 g/mol. The van der Waals surface area contributed by atoms with Crippen molar-refractivity contribution in [3.05, 3.63) is 12.2 Å². The molecule has 0 bridgehead atoms. The Kier molecular flexibility index (Phi) is 44.0. The van der Waals surface area contributed by atoms with Crippen molar-refractivity contribution in [2.24, 2.45) is 0 Å². The van der Waals surface area contributed by atoms with Crippen molar-refractivity contribution in [1.82, 2.24) is 0 Å². The average Bonchev–Trinajstić information content (AvgIpc) is 3.23. The van der Waals surface area contributed by atoms with E-state index in [1.165, 1.54) is 186 Å². The number of phosphoric acid groups is 1. The first-order chi connectivity index (χ1) is 30.0. The topological polar surface area (TPSA) is 111 Å². The van der Waals surface area contributed by atoms with Gasteiger partial charge >= 0.3 is 11.9 Å². The molecule has 0 rings (SSSR count). The van der Waals surface area contributed by atoms with Crippen LogP contribution in [0.4, 0.5) is 0 Å². The molecule has 10 heteroatoms. The predicted molar refractivity (Wildman–Crippen MR) is 259 cm³/mol. The molecule has 9 nitrogen and oxygen atoms in total. The van der Waals surface area contributed by atoms with Crippen LogP contribution in [0.15, 0.2) is 12.2 Å². The zero-order chi connectivity index (χ0) is 45.7. The summed E-state index contributed by atoms with van der Waals surface area (Å²) in [6, 6.07) is 0. The minimum absolute atomic E-state index is 0.0272. The number of quaternary nitrogens is 1. The second-order valence-electron chi connectivity index (χ2n) is 19.2. The standard InChI is InChI=1S/C52H102NO8P/c1-6-8-10-12-14-16-18-20-22-24-25-26-27-29-31-33-35-37-39-41-43-45-52(55)61-50(49-60-62(56,57)59-47-46-53(3,4)5)48-58-51(54)44-42-40-38-36-34-32-30-28-23-21-19-17-15-13-11-9-7-2/h20,22,50H,6-19,21,23-49H2,1-5H3/b22-20+/t50-/m1/s1. The first kappa shape index (κ1) is 60.8. The molecule has 0 aliphatic rings. The minimum Gasteiger partial charge on any atom is -0.756 e. The summed E-state index contributed by atoms with van der Waals surface area (Å²) in [6.45, 7) is 4.28. The molecule has 0 amide bonds. The summed E-state index contributed by atoms with van der Waals surface area (Å²) in [5, 5.41) is 0. The van der Waals surface area contributed by atoms with Crippen LogP contribution in [0.1, 0.15) is 258 Å². The summed E-state index contributed by atoms with van der Waals surface area (Å²) < 4.78 is 34.1. The second-order valence-corrected chi connectivity index (χ2v) is 20.7. The molecule has 2 atom stereocenters. The van der Waals surface area contributed by atoms with Gasteiger partial charge in [-0.15, -0.1) is 0 Å². The van der Waals surface area contributed by atoms with Gasteiger partial charge in [-0.1, -0.05) is 219 Å². The molecule has 0 aromatic heterocycles. The van der Waals surface area contributed by atoms with Gasteiger partial charge in [0.2, 0.25) is 0 Å². The van der Waals surface area contributed by atoms with Gasteiger partial charge < -0.3 is 27.9 Å². The fourth-order valence-corrected chi connectivity index (χ4v) is 8.38.